The van der Waals surface area contributed by atoms with Gasteiger partial charge in [-0.2, -0.15) is 13.2 Å². The number of halogens is 3. The third-order valence-corrected chi connectivity index (χ3v) is 2.80. The van der Waals surface area contributed by atoms with Crippen molar-refractivity contribution in [1.82, 2.24) is 5.32 Å². The molecule has 0 saturated heterocycles. The molecule has 1 aromatic rings. The van der Waals surface area contributed by atoms with E-state index in [9.17, 15) is 18.3 Å². The summed E-state index contributed by atoms with van der Waals surface area (Å²) in [7, 11) is 0. The van der Waals surface area contributed by atoms with Gasteiger partial charge in [-0.3, -0.25) is 0 Å². The van der Waals surface area contributed by atoms with E-state index in [1.807, 2.05) is 6.07 Å². The lowest BCUT2D eigenvalue weighted by atomic mass is 10.1. The summed E-state index contributed by atoms with van der Waals surface area (Å²) in [5, 5.41) is 12.5. The lowest BCUT2D eigenvalue weighted by molar-refractivity contribution is -0.0327. The molecule has 1 aromatic carbocycles. The molecule has 2 nitrogen and oxygen atoms in total. The number of nitrogens with one attached hydrogen (secondary N) is 1. The Labute approximate surface area is 102 Å². The monoisotopic (exact) mass is 265 g/mol. The Morgan fingerprint density at radius 1 is 1.24 bits per heavy atom. The molecule has 2 N–H and O–H groups in total. The van der Waals surface area contributed by atoms with Crippen LogP contribution in [0.3, 0.4) is 0 Å². The molecule has 0 fully saturated rings. The van der Waals surface area contributed by atoms with E-state index >= 15 is 0 Å². The summed E-state index contributed by atoms with van der Waals surface area (Å²) in [4.78, 5) is 0. The highest BCUT2D eigenvalue weighted by Gasteiger charge is 2.27. The van der Waals surface area contributed by atoms with E-state index in [2.05, 4.69) is 5.32 Å². The zero-order valence-corrected chi connectivity index (χ0v) is 9.89. The van der Waals surface area contributed by atoms with Crippen LogP contribution < -0.4 is 5.32 Å². The van der Waals surface area contributed by atoms with Crippen LogP contribution in [0.4, 0.5) is 13.2 Å². The largest absolute Gasteiger partial charge is 0.441 e. The number of hydrogen-bond donors (Lipinski definition) is 2. The molecular formula is C11H14F3NOS. The SMILES string of the molecule is OC(CNCCSC(F)(F)F)c1ccccc1. The highest BCUT2D eigenvalue weighted by molar-refractivity contribution is 8.00. The fourth-order valence-corrected chi connectivity index (χ4v) is 1.75. The molecular weight excluding hydrogens is 251 g/mol. The second kappa shape index (κ2) is 6.88. The van der Waals surface area contributed by atoms with Crippen molar-refractivity contribution in [3.8, 4) is 0 Å². The maximum absolute atomic E-state index is 11.8. The molecule has 1 unspecified atom stereocenters. The van der Waals surface area contributed by atoms with E-state index < -0.39 is 11.6 Å². The molecule has 6 heteroatoms. The van der Waals surface area contributed by atoms with Crippen LogP contribution in [-0.4, -0.2) is 29.5 Å². The maximum Gasteiger partial charge on any atom is 0.441 e. The third-order valence-electron chi connectivity index (χ3n) is 2.07. The molecule has 0 aromatic heterocycles. The summed E-state index contributed by atoms with van der Waals surface area (Å²) in [6.07, 6.45) is -0.688. The van der Waals surface area contributed by atoms with Gasteiger partial charge in [-0.1, -0.05) is 30.3 Å². The van der Waals surface area contributed by atoms with Crippen LogP contribution in [0.2, 0.25) is 0 Å². The van der Waals surface area contributed by atoms with Gasteiger partial charge < -0.3 is 10.4 Å². The average molecular weight is 265 g/mol. The van der Waals surface area contributed by atoms with Crippen molar-refractivity contribution < 1.29 is 18.3 Å². The zero-order chi connectivity index (χ0) is 12.7. The molecule has 0 aliphatic carbocycles. The van der Waals surface area contributed by atoms with Crippen LogP contribution in [0.25, 0.3) is 0 Å². The predicted octanol–water partition coefficient (Wildman–Crippen LogP) is 2.56. The lowest BCUT2D eigenvalue weighted by Crippen LogP contribution is -2.24. The van der Waals surface area contributed by atoms with Crippen LogP contribution >= 0.6 is 11.8 Å². The first-order valence-corrected chi connectivity index (χ1v) is 6.12. The van der Waals surface area contributed by atoms with Crippen LogP contribution in [0, 0.1) is 0 Å². The molecule has 0 radical (unpaired) electrons. The molecule has 0 amide bonds. The fraction of sp³-hybridized carbons (Fsp3) is 0.455. The van der Waals surface area contributed by atoms with Gasteiger partial charge in [0.2, 0.25) is 0 Å². The van der Waals surface area contributed by atoms with Gasteiger partial charge in [-0.25, -0.2) is 0 Å². The fourth-order valence-electron chi connectivity index (χ4n) is 1.27. The molecule has 1 atom stereocenters. The second-order valence-electron chi connectivity index (χ2n) is 3.42. The molecule has 0 saturated carbocycles. The Morgan fingerprint density at radius 2 is 1.88 bits per heavy atom. The summed E-state index contributed by atoms with van der Waals surface area (Å²) in [6, 6.07) is 8.99. The Hall–Kier alpha value is -0.720. The molecule has 0 spiro atoms. The maximum atomic E-state index is 11.8. The van der Waals surface area contributed by atoms with Crippen molar-refractivity contribution in [2.75, 3.05) is 18.8 Å². The quantitative estimate of drug-likeness (QED) is 0.775. The standard InChI is InChI=1S/C11H14F3NOS/c12-11(13,14)17-7-6-15-8-10(16)9-4-2-1-3-5-9/h1-5,10,15-16H,6-8H2. The number of benzene rings is 1. The van der Waals surface area contributed by atoms with Crippen LogP contribution in [0.15, 0.2) is 30.3 Å². The van der Waals surface area contributed by atoms with E-state index in [1.54, 1.807) is 24.3 Å². The van der Waals surface area contributed by atoms with Gasteiger partial charge in [-0.15, -0.1) is 0 Å². The summed E-state index contributed by atoms with van der Waals surface area (Å²) < 4.78 is 35.4. The summed E-state index contributed by atoms with van der Waals surface area (Å²) in [5.41, 5.74) is -3.43. The molecule has 0 aliphatic heterocycles. The molecule has 1 rings (SSSR count). The van der Waals surface area contributed by atoms with Crippen molar-refractivity contribution in [3.05, 3.63) is 35.9 Å². The van der Waals surface area contributed by atoms with Gasteiger partial charge in [0, 0.05) is 18.8 Å². The minimum absolute atomic E-state index is 0.0506. The van der Waals surface area contributed by atoms with Crippen LogP contribution in [-0.2, 0) is 0 Å². The van der Waals surface area contributed by atoms with E-state index in [0.29, 0.717) is 0 Å². The van der Waals surface area contributed by atoms with E-state index in [1.165, 1.54) is 0 Å². The summed E-state index contributed by atoms with van der Waals surface area (Å²) >= 11 is -0.0631. The van der Waals surface area contributed by atoms with E-state index in [-0.39, 0.29) is 30.6 Å². The average Bonchev–Trinajstić information content (AvgIpc) is 2.28. The van der Waals surface area contributed by atoms with Crippen molar-refractivity contribution in [2.24, 2.45) is 0 Å². The Balaban J connectivity index is 2.15. The predicted molar refractivity (Wildman–Crippen MR) is 62.8 cm³/mol. The lowest BCUT2D eigenvalue weighted by Gasteiger charge is -2.12. The molecule has 96 valence electrons. The van der Waals surface area contributed by atoms with E-state index in [0.717, 1.165) is 5.56 Å². The molecule has 0 aliphatic rings. The first kappa shape index (κ1) is 14.3. The summed E-state index contributed by atoms with van der Waals surface area (Å²) in [5.74, 6) is -0.0506. The Kier molecular flexibility index (Phi) is 5.80. The number of hydrogen-bond acceptors (Lipinski definition) is 3. The van der Waals surface area contributed by atoms with Crippen molar-refractivity contribution in [2.45, 2.75) is 11.6 Å². The Morgan fingerprint density at radius 3 is 2.47 bits per heavy atom. The number of aliphatic hydroxyl groups excluding tert-OH is 1. The van der Waals surface area contributed by atoms with Gasteiger partial charge in [0.25, 0.3) is 0 Å². The van der Waals surface area contributed by atoms with Gasteiger partial charge in [0.1, 0.15) is 0 Å². The molecule has 0 heterocycles. The van der Waals surface area contributed by atoms with E-state index in [4.69, 9.17) is 0 Å². The number of thioether (sulfide) groups is 1. The van der Waals surface area contributed by atoms with Crippen molar-refractivity contribution >= 4 is 11.8 Å². The molecule has 0 bridgehead atoms. The van der Waals surface area contributed by atoms with Gasteiger partial charge in [0.15, 0.2) is 0 Å². The second-order valence-corrected chi connectivity index (χ2v) is 4.58. The number of aliphatic hydroxyl groups is 1. The molecule has 17 heavy (non-hydrogen) atoms. The Bertz CT molecular complexity index is 318. The normalized spacial score (nSPS) is 13.6. The van der Waals surface area contributed by atoms with Crippen molar-refractivity contribution in [3.63, 3.8) is 0 Å². The highest BCUT2D eigenvalue weighted by Crippen LogP contribution is 2.29. The topological polar surface area (TPSA) is 32.3 Å². The first-order valence-electron chi connectivity index (χ1n) is 5.13. The number of alkyl halides is 3. The highest BCUT2D eigenvalue weighted by atomic mass is 32.2. The van der Waals surface area contributed by atoms with Gasteiger partial charge >= 0.3 is 5.51 Å². The third kappa shape index (κ3) is 6.55. The first-order chi connectivity index (χ1) is 7.99. The minimum atomic E-state index is -4.18. The van der Waals surface area contributed by atoms with Crippen LogP contribution in [0.1, 0.15) is 11.7 Å². The van der Waals surface area contributed by atoms with Gasteiger partial charge in [0.05, 0.1) is 6.10 Å². The van der Waals surface area contributed by atoms with Crippen LogP contribution in [0.5, 0.6) is 0 Å². The minimum Gasteiger partial charge on any atom is -0.387 e. The van der Waals surface area contributed by atoms with Gasteiger partial charge in [-0.05, 0) is 17.3 Å². The smallest absolute Gasteiger partial charge is 0.387 e. The number of rotatable bonds is 6. The zero-order valence-electron chi connectivity index (χ0n) is 9.07. The summed E-state index contributed by atoms with van der Waals surface area (Å²) in [6.45, 7) is 0.469. The van der Waals surface area contributed by atoms with Crippen molar-refractivity contribution in [1.29, 1.82) is 0 Å².